The normalized spacial score (nSPS) is 14.1. The fourth-order valence-electron chi connectivity index (χ4n) is 4.20. The first-order chi connectivity index (χ1) is 15.4. The fourth-order valence-corrected chi connectivity index (χ4v) is 5.89. The van der Waals surface area contributed by atoms with Crippen LogP contribution in [-0.4, -0.2) is 12.1 Å². The van der Waals surface area contributed by atoms with Gasteiger partial charge in [-0.15, -0.1) is 11.3 Å². The molecule has 0 saturated carbocycles. The third kappa shape index (κ3) is 5.43. The molecular formula is C26H26Cl2N2OS. The Bertz CT molecular complexity index is 1160. The zero-order valence-electron chi connectivity index (χ0n) is 18.3. The minimum absolute atomic E-state index is 0.0950. The zero-order chi connectivity index (χ0) is 22.7. The summed E-state index contributed by atoms with van der Waals surface area (Å²) >= 11 is 14.0. The maximum absolute atomic E-state index is 13.5. The molecule has 3 aromatic rings. The number of benzene rings is 2. The molecule has 0 unspecified atom stereocenters. The van der Waals surface area contributed by atoms with E-state index in [1.54, 1.807) is 29.7 Å². The van der Waals surface area contributed by atoms with E-state index in [-0.39, 0.29) is 5.91 Å². The van der Waals surface area contributed by atoms with Crippen LogP contribution in [0.25, 0.3) is 0 Å². The molecule has 0 bridgehead atoms. The largest absolute Gasteiger partial charge is 0.322 e. The Morgan fingerprint density at radius 3 is 2.44 bits per heavy atom. The van der Waals surface area contributed by atoms with Gasteiger partial charge in [-0.2, -0.15) is 0 Å². The van der Waals surface area contributed by atoms with Gasteiger partial charge in [0.15, 0.2) is 0 Å². The number of aryl methyl sites for hydroxylation is 3. The first-order valence-corrected chi connectivity index (χ1v) is 12.5. The number of halogens is 2. The van der Waals surface area contributed by atoms with Gasteiger partial charge in [-0.25, -0.2) is 4.99 Å². The van der Waals surface area contributed by atoms with Gasteiger partial charge in [0.05, 0.1) is 10.6 Å². The highest BCUT2D eigenvalue weighted by molar-refractivity contribution is 7.16. The van der Waals surface area contributed by atoms with Crippen LogP contribution >= 0.6 is 34.5 Å². The molecule has 0 spiro atoms. The number of nitrogens with zero attached hydrogens (tertiary/aromatic N) is 1. The average molecular weight is 485 g/mol. The fraction of sp³-hybridized carbons (Fsp3) is 0.308. The summed E-state index contributed by atoms with van der Waals surface area (Å²) in [5.74, 6) is -0.0950. The number of thiophene rings is 1. The first kappa shape index (κ1) is 23.0. The Morgan fingerprint density at radius 1 is 1.00 bits per heavy atom. The summed E-state index contributed by atoms with van der Waals surface area (Å²) < 4.78 is 0. The molecule has 6 heteroatoms. The van der Waals surface area contributed by atoms with Crippen molar-refractivity contribution in [2.75, 3.05) is 5.32 Å². The van der Waals surface area contributed by atoms with E-state index in [0.29, 0.717) is 15.6 Å². The Morgan fingerprint density at radius 2 is 1.72 bits per heavy atom. The lowest BCUT2D eigenvalue weighted by atomic mass is 9.96. The SMILES string of the molecule is Cc1cc(C)cc(NC(=O)c2c(N=Cc3ccc(Cl)cc3Cl)sc3c2CCCCCC3)c1. The molecule has 1 heterocycles. The van der Waals surface area contributed by atoms with E-state index in [9.17, 15) is 4.79 Å². The maximum Gasteiger partial charge on any atom is 0.259 e. The van der Waals surface area contributed by atoms with Crippen LogP contribution in [0.4, 0.5) is 10.7 Å². The lowest BCUT2D eigenvalue weighted by Gasteiger charge is -2.12. The van der Waals surface area contributed by atoms with Gasteiger partial charge < -0.3 is 5.32 Å². The van der Waals surface area contributed by atoms with E-state index < -0.39 is 0 Å². The summed E-state index contributed by atoms with van der Waals surface area (Å²) in [5, 5.41) is 4.98. The smallest absolute Gasteiger partial charge is 0.259 e. The minimum atomic E-state index is -0.0950. The Kier molecular flexibility index (Phi) is 7.34. The van der Waals surface area contributed by atoms with Gasteiger partial charge in [-0.05, 0) is 80.5 Å². The molecule has 0 atom stereocenters. The topological polar surface area (TPSA) is 41.5 Å². The average Bonchev–Trinajstić information content (AvgIpc) is 3.03. The standard InChI is InChI=1S/C26H26Cl2N2OS/c1-16-11-17(2)13-20(12-16)30-25(31)24-21-7-5-3-4-6-8-23(21)32-26(24)29-15-18-9-10-19(27)14-22(18)28/h9-15H,3-8H2,1-2H3,(H,30,31). The van der Waals surface area contributed by atoms with Crippen molar-refractivity contribution in [2.45, 2.75) is 52.4 Å². The van der Waals surface area contributed by atoms with Crippen molar-refractivity contribution in [1.82, 2.24) is 0 Å². The number of anilines is 1. The van der Waals surface area contributed by atoms with Crippen molar-refractivity contribution in [3.05, 3.63) is 79.1 Å². The van der Waals surface area contributed by atoms with Gasteiger partial charge in [0, 0.05) is 27.4 Å². The molecule has 0 aliphatic heterocycles. The van der Waals surface area contributed by atoms with Crippen molar-refractivity contribution in [3.8, 4) is 0 Å². The number of hydrogen-bond donors (Lipinski definition) is 1. The molecule has 0 fully saturated rings. The van der Waals surface area contributed by atoms with Crippen LogP contribution in [-0.2, 0) is 12.8 Å². The van der Waals surface area contributed by atoms with E-state index in [1.807, 2.05) is 32.0 Å². The van der Waals surface area contributed by atoms with E-state index in [4.69, 9.17) is 28.2 Å². The number of hydrogen-bond acceptors (Lipinski definition) is 3. The van der Waals surface area contributed by atoms with E-state index >= 15 is 0 Å². The van der Waals surface area contributed by atoms with Crippen LogP contribution in [0.3, 0.4) is 0 Å². The van der Waals surface area contributed by atoms with Crippen LogP contribution in [0.2, 0.25) is 10.0 Å². The highest BCUT2D eigenvalue weighted by Crippen LogP contribution is 2.39. The van der Waals surface area contributed by atoms with Crippen molar-refractivity contribution in [2.24, 2.45) is 4.99 Å². The summed E-state index contributed by atoms with van der Waals surface area (Å²) in [4.78, 5) is 19.5. The van der Waals surface area contributed by atoms with Crippen LogP contribution in [0.5, 0.6) is 0 Å². The highest BCUT2D eigenvalue weighted by Gasteiger charge is 2.24. The molecule has 1 N–H and O–H groups in total. The van der Waals surface area contributed by atoms with E-state index in [1.165, 1.54) is 17.7 Å². The van der Waals surface area contributed by atoms with Crippen LogP contribution in [0.1, 0.15) is 63.2 Å². The number of nitrogens with one attached hydrogen (secondary N) is 1. The molecular weight excluding hydrogens is 459 g/mol. The Balaban J connectivity index is 1.73. The quantitative estimate of drug-likeness (QED) is 0.371. The third-order valence-electron chi connectivity index (χ3n) is 5.64. The second-order valence-electron chi connectivity index (χ2n) is 8.35. The molecule has 32 heavy (non-hydrogen) atoms. The van der Waals surface area contributed by atoms with E-state index in [0.717, 1.165) is 58.6 Å². The monoisotopic (exact) mass is 484 g/mol. The molecule has 166 valence electrons. The minimum Gasteiger partial charge on any atom is -0.322 e. The van der Waals surface area contributed by atoms with Gasteiger partial charge in [-0.1, -0.05) is 48.2 Å². The molecule has 4 rings (SSSR count). The number of rotatable bonds is 4. The lowest BCUT2D eigenvalue weighted by molar-refractivity contribution is 0.102. The zero-order valence-corrected chi connectivity index (χ0v) is 20.6. The van der Waals surface area contributed by atoms with Crippen molar-refractivity contribution < 1.29 is 4.79 Å². The van der Waals surface area contributed by atoms with Gasteiger partial charge >= 0.3 is 0 Å². The van der Waals surface area contributed by atoms with Gasteiger partial charge in [0.2, 0.25) is 0 Å². The number of carbonyl (C=O) groups is 1. The van der Waals surface area contributed by atoms with Gasteiger partial charge in [0.1, 0.15) is 5.00 Å². The lowest BCUT2D eigenvalue weighted by Crippen LogP contribution is -2.14. The number of fused-ring (bicyclic) bond motifs is 1. The second-order valence-corrected chi connectivity index (χ2v) is 10.3. The van der Waals surface area contributed by atoms with Crippen molar-refractivity contribution >= 4 is 57.3 Å². The second kappa shape index (κ2) is 10.2. The summed E-state index contributed by atoms with van der Waals surface area (Å²) in [6.45, 7) is 4.07. The summed E-state index contributed by atoms with van der Waals surface area (Å²) in [7, 11) is 0. The molecule has 0 radical (unpaired) electrons. The predicted octanol–water partition coefficient (Wildman–Crippen LogP) is 8.33. The molecule has 1 amide bonds. The maximum atomic E-state index is 13.5. The molecule has 3 nitrogen and oxygen atoms in total. The van der Waals surface area contributed by atoms with Crippen LogP contribution < -0.4 is 5.32 Å². The Hall–Kier alpha value is -2.14. The Labute approximate surface area is 203 Å². The summed E-state index contributed by atoms with van der Waals surface area (Å²) in [6.07, 6.45) is 8.33. The number of aliphatic imine (C=N–C) groups is 1. The predicted molar refractivity (Wildman–Crippen MR) is 138 cm³/mol. The van der Waals surface area contributed by atoms with Gasteiger partial charge in [-0.3, -0.25) is 4.79 Å². The highest BCUT2D eigenvalue weighted by atomic mass is 35.5. The third-order valence-corrected chi connectivity index (χ3v) is 7.40. The number of amides is 1. The first-order valence-electron chi connectivity index (χ1n) is 10.9. The van der Waals surface area contributed by atoms with Crippen molar-refractivity contribution in [3.63, 3.8) is 0 Å². The van der Waals surface area contributed by atoms with Crippen molar-refractivity contribution in [1.29, 1.82) is 0 Å². The molecule has 1 aliphatic rings. The van der Waals surface area contributed by atoms with E-state index in [2.05, 4.69) is 11.4 Å². The molecule has 1 aliphatic carbocycles. The molecule has 0 saturated heterocycles. The van der Waals surface area contributed by atoms with Crippen LogP contribution in [0, 0.1) is 13.8 Å². The number of carbonyl (C=O) groups excluding carboxylic acids is 1. The summed E-state index contributed by atoms with van der Waals surface area (Å²) in [5.41, 5.74) is 5.69. The summed E-state index contributed by atoms with van der Waals surface area (Å²) in [6, 6.07) is 11.4. The van der Waals surface area contributed by atoms with Crippen LogP contribution in [0.15, 0.2) is 41.4 Å². The molecule has 2 aromatic carbocycles. The molecule has 1 aromatic heterocycles. The van der Waals surface area contributed by atoms with Gasteiger partial charge in [0.25, 0.3) is 5.91 Å².